The summed E-state index contributed by atoms with van der Waals surface area (Å²) in [6.45, 7) is 1.42. The van der Waals surface area contributed by atoms with Gasteiger partial charge in [0.15, 0.2) is 0 Å². The third kappa shape index (κ3) is 3.34. The van der Waals surface area contributed by atoms with E-state index in [1.54, 1.807) is 6.07 Å². The molecule has 0 amide bonds. The highest BCUT2D eigenvalue weighted by molar-refractivity contribution is 6.30. The summed E-state index contributed by atoms with van der Waals surface area (Å²) in [6, 6.07) is 8.41. The molecule has 0 aromatic heterocycles. The van der Waals surface area contributed by atoms with Gasteiger partial charge >= 0.3 is 0 Å². The highest BCUT2D eigenvalue weighted by Crippen LogP contribution is 2.35. The summed E-state index contributed by atoms with van der Waals surface area (Å²) in [5, 5.41) is 10.9. The molecule has 1 unspecified atom stereocenters. The van der Waals surface area contributed by atoms with Crippen molar-refractivity contribution in [1.82, 2.24) is 0 Å². The van der Waals surface area contributed by atoms with Crippen molar-refractivity contribution in [2.45, 2.75) is 18.9 Å². The van der Waals surface area contributed by atoms with Crippen molar-refractivity contribution in [2.24, 2.45) is 0 Å². The first-order valence-electron chi connectivity index (χ1n) is 6.34. The SMILES string of the molecule is COc1cccc(F)c1C(C)(O)Cc1ccc(Cl)cc1F. The van der Waals surface area contributed by atoms with Crippen LogP contribution in [-0.4, -0.2) is 12.2 Å². The van der Waals surface area contributed by atoms with E-state index in [-0.39, 0.29) is 28.3 Å². The van der Waals surface area contributed by atoms with Crippen molar-refractivity contribution in [3.8, 4) is 5.75 Å². The number of aliphatic hydroxyl groups is 1. The van der Waals surface area contributed by atoms with Gasteiger partial charge in [0.2, 0.25) is 0 Å². The summed E-state index contributed by atoms with van der Waals surface area (Å²) in [5.41, 5.74) is -1.37. The molecule has 0 fully saturated rings. The first-order valence-corrected chi connectivity index (χ1v) is 6.72. The van der Waals surface area contributed by atoms with E-state index in [4.69, 9.17) is 16.3 Å². The van der Waals surface area contributed by atoms with Crippen LogP contribution in [0.5, 0.6) is 5.75 Å². The first kappa shape index (κ1) is 15.7. The molecule has 0 radical (unpaired) electrons. The lowest BCUT2D eigenvalue weighted by atomic mass is 9.88. The van der Waals surface area contributed by atoms with Gasteiger partial charge in [0.25, 0.3) is 0 Å². The molecule has 112 valence electrons. The van der Waals surface area contributed by atoms with Gasteiger partial charge in [-0.1, -0.05) is 23.7 Å². The van der Waals surface area contributed by atoms with Gasteiger partial charge in [-0.3, -0.25) is 0 Å². The van der Waals surface area contributed by atoms with Crippen LogP contribution < -0.4 is 4.74 Å². The number of hydrogen-bond donors (Lipinski definition) is 1. The minimum Gasteiger partial charge on any atom is -0.496 e. The maximum atomic E-state index is 14.0. The van der Waals surface area contributed by atoms with Gasteiger partial charge in [0.05, 0.1) is 18.3 Å². The van der Waals surface area contributed by atoms with Crippen molar-refractivity contribution in [1.29, 1.82) is 0 Å². The van der Waals surface area contributed by atoms with Crippen LogP contribution in [0.1, 0.15) is 18.1 Å². The minimum atomic E-state index is -1.62. The zero-order valence-electron chi connectivity index (χ0n) is 11.7. The Labute approximate surface area is 126 Å². The third-order valence-electron chi connectivity index (χ3n) is 3.28. The maximum Gasteiger partial charge on any atom is 0.133 e. The monoisotopic (exact) mass is 312 g/mol. The van der Waals surface area contributed by atoms with E-state index < -0.39 is 17.2 Å². The standard InChI is InChI=1S/C16H15ClF2O2/c1-16(20,9-10-6-7-11(17)8-13(10)19)15-12(18)4-3-5-14(15)21-2/h3-8,20H,9H2,1-2H3. The molecule has 2 rings (SSSR count). The van der Waals surface area contributed by atoms with Crippen LogP contribution in [0.25, 0.3) is 0 Å². The molecular weight excluding hydrogens is 298 g/mol. The average molecular weight is 313 g/mol. The number of methoxy groups -OCH3 is 1. The second-order valence-electron chi connectivity index (χ2n) is 5.00. The number of halogens is 3. The van der Waals surface area contributed by atoms with E-state index in [2.05, 4.69) is 0 Å². The first-order chi connectivity index (χ1) is 9.85. The molecule has 2 aromatic carbocycles. The molecule has 0 saturated carbocycles. The molecule has 5 heteroatoms. The van der Waals surface area contributed by atoms with Gasteiger partial charge in [-0.15, -0.1) is 0 Å². The molecule has 0 saturated heterocycles. The average Bonchev–Trinajstić information content (AvgIpc) is 2.41. The van der Waals surface area contributed by atoms with Crippen LogP contribution >= 0.6 is 11.6 Å². The van der Waals surface area contributed by atoms with Crippen LogP contribution in [0.3, 0.4) is 0 Å². The second-order valence-corrected chi connectivity index (χ2v) is 5.44. The van der Waals surface area contributed by atoms with E-state index in [1.807, 2.05) is 0 Å². The predicted molar refractivity (Wildman–Crippen MR) is 77.6 cm³/mol. The van der Waals surface area contributed by atoms with Crippen LogP contribution in [0, 0.1) is 11.6 Å². The normalized spacial score (nSPS) is 13.8. The summed E-state index contributed by atoms with van der Waals surface area (Å²) in [4.78, 5) is 0. The summed E-state index contributed by atoms with van der Waals surface area (Å²) < 4.78 is 33.0. The lowest BCUT2D eigenvalue weighted by Crippen LogP contribution is -2.27. The van der Waals surface area contributed by atoms with Gasteiger partial charge in [-0.2, -0.15) is 0 Å². The Morgan fingerprint density at radius 1 is 1.19 bits per heavy atom. The van der Waals surface area contributed by atoms with Crippen molar-refractivity contribution in [3.63, 3.8) is 0 Å². The fraction of sp³-hybridized carbons (Fsp3) is 0.250. The molecule has 21 heavy (non-hydrogen) atoms. The lowest BCUT2D eigenvalue weighted by molar-refractivity contribution is 0.0501. The Morgan fingerprint density at radius 2 is 1.90 bits per heavy atom. The molecule has 0 bridgehead atoms. The van der Waals surface area contributed by atoms with E-state index >= 15 is 0 Å². The number of benzene rings is 2. The minimum absolute atomic E-state index is 0.00171. The molecule has 0 aliphatic heterocycles. The largest absolute Gasteiger partial charge is 0.496 e. The topological polar surface area (TPSA) is 29.5 Å². The predicted octanol–water partition coefficient (Wildman–Crippen LogP) is 4.08. The highest BCUT2D eigenvalue weighted by Gasteiger charge is 2.31. The number of rotatable bonds is 4. The van der Waals surface area contributed by atoms with Gasteiger partial charge in [-0.05, 0) is 36.8 Å². The Morgan fingerprint density at radius 3 is 2.52 bits per heavy atom. The summed E-state index contributed by atoms with van der Waals surface area (Å²) in [7, 11) is 1.39. The summed E-state index contributed by atoms with van der Waals surface area (Å²) >= 11 is 5.70. The molecule has 0 spiro atoms. The molecule has 1 atom stereocenters. The molecule has 0 heterocycles. The Balaban J connectivity index is 2.43. The van der Waals surface area contributed by atoms with Gasteiger partial charge < -0.3 is 9.84 Å². The lowest BCUT2D eigenvalue weighted by Gasteiger charge is -2.26. The van der Waals surface area contributed by atoms with Crippen molar-refractivity contribution < 1.29 is 18.6 Å². The smallest absolute Gasteiger partial charge is 0.133 e. The molecule has 0 aliphatic rings. The van der Waals surface area contributed by atoms with Crippen molar-refractivity contribution in [2.75, 3.05) is 7.11 Å². The number of ether oxygens (including phenoxy) is 1. The third-order valence-corrected chi connectivity index (χ3v) is 3.52. The van der Waals surface area contributed by atoms with Crippen LogP contribution in [0.4, 0.5) is 8.78 Å². The molecule has 2 aromatic rings. The van der Waals surface area contributed by atoms with Crippen LogP contribution in [0.2, 0.25) is 5.02 Å². The van der Waals surface area contributed by atoms with Crippen molar-refractivity contribution in [3.05, 3.63) is 64.2 Å². The highest BCUT2D eigenvalue weighted by atomic mass is 35.5. The molecule has 2 nitrogen and oxygen atoms in total. The van der Waals surface area contributed by atoms with E-state index in [9.17, 15) is 13.9 Å². The van der Waals surface area contributed by atoms with E-state index in [0.717, 1.165) is 6.07 Å². The fourth-order valence-corrected chi connectivity index (χ4v) is 2.48. The van der Waals surface area contributed by atoms with Gasteiger partial charge in [-0.25, -0.2) is 8.78 Å². The quantitative estimate of drug-likeness (QED) is 0.922. The molecular formula is C16H15ClF2O2. The van der Waals surface area contributed by atoms with E-state index in [0.29, 0.717) is 0 Å². The summed E-state index contributed by atoms with van der Waals surface area (Å²) in [5.74, 6) is -0.929. The molecule has 1 N–H and O–H groups in total. The van der Waals surface area contributed by atoms with Gasteiger partial charge in [0.1, 0.15) is 17.4 Å². The Hall–Kier alpha value is -1.65. The fourth-order valence-electron chi connectivity index (χ4n) is 2.32. The van der Waals surface area contributed by atoms with Crippen LogP contribution in [-0.2, 0) is 12.0 Å². The second kappa shape index (κ2) is 6.00. The molecule has 0 aliphatic carbocycles. The van der Waals surface area contributed by atoms with E-state index in [1.165, 1.54) is 38.3 Å². The Bertz CT molecular complexity index is 657. The van der Waals surface area contributed by atoms with Crippen LogP contribution in [0.15, 0.2) is 36.4 Å². The zero-order valence-corrected chi connectivity index (χ0v) is 12.4. The number of hydrogen-bond acceptors (Lipinski definition) is 2. The maximum absolute atomic E-state index is 14.0. The Kier molecular flexibility index (Phi) is 4.49. The zero-order chi connectivity index (χ0) is 15.6. The van der Waals surface area contributed by atoms with Crippen molar-refractivity contribution >= 4 is 11.6 Å². The van der Waals surface area contributed by atoms with Gasteiger partial charge in [0, 0.05) is 11.4 Å². The summed E-state index contributed by atoms with van der Waals surface area (Å²) in [6.07, 6.45) is -0.104.